The maximum absolute atomic E-state index is 12.8. The average molecular weight is 436 g/mol. The number of rotatable bonds is 5. The van der Waals surface area contributed by atoms with Crippen LogP contribution in [0.1, 0.15) is 18.4 Å². The molecule has 1 N–H and O–H groups in total. The van der Waals surface area contributed by atoms with Crippen LogP contribution in [-0.2, 0) is 14.8 Å². The number of amides is 1. The fourth-order valence-electron chi connectivity index (χ4n) is 3.55. The fourth-order valence-corrected chi connectivity index (χ4v) is 5.02. The molecule has 1 aromatic heterocycles. The van der Waals surface area contributed by atoms with E-state index in [1.165, 1.54) is 28.6 Å². The number of sulfonamides is 1. The first-order chi connectivity index (χ1) is 15.0. The molecule has 1 saturated heterocycles. The Kier molecular flexibility index (Phi) is 5.84. The molecular formula is C22H21N5O3S. The molecule has 4 rings (SSSR count). The quantitative estimate of drug-likeness (QED) is 0.663. The summed E-state index contributed by atoms with van der Waals surface area (Å²) >= 11 is 0. The molecule has 2 aromatic carbocycles. The Morgan fingerprint density at radius 3 is 2.35 bits per heavy atom. The first-order valence-electron chi connectivity index (χ1n) is 9.89. The van der Waals surface area contributed by atoms with Crippen LogP contribution in [0.4, 0.5) is 5.82 Å². The Balaban J connectivity index is 1.36. The van der Waals surface area contributed by atoms with Crippen LogP contribution in [0.15, 0.2) is 71.8 Å². The van der Waals surface area contributed by atoms with Gasteiger partial charge in [0, 0.05) is 31.3 Å². The third-order valence-electron chi connectivity index (χ3n) is 5.31. The number of para-hydroxylation sites is 1. The second kappa shape index (κ2) is 8.71. The van der Waals surface area contributed by atoms with Crippen LogP contribution in [0.2, 0.25) is 0 Å². The van der Waals surface area contributed by atoms with Gasteiger partial charge in [-0.2, -0.15) is 14.7 Å². The monoisotopic (exact) mass is 435 g/mol. The molecule has 3 aromatic rings. The minimum Gasteiger partial charge on any atom is -0.309 e. The molecule has 0 bridgehead atoms. The SMILES string of the molecule is N#Cc1ccc(S(=O)(=O)N2CCC(C(=O)Nc3ccn(-c4ccccc4)n3)CC2)cc1. The van der Waals surface area contributed by atoms with Crippen LogP contribution in [0.3, 0.4) is 0 Å². The molecule has 1 aliphatic heterocycles. The average Bonchev–Trinajstić information content (AvgIpc) is 3.28. The molecule has 1 aliphatic rings. The van der Waals surface area contributed by atoms with Crippen LogP contribution in [0.5, 0.6) is 0 Å². The van der Waals surface area contributed by atoms with Gasteiger partial charge >= 0.3 is 0 Å². The summed E-state index contributed by atoms with van der Waals surface area (Å²) in [5.41, 5.74) is 1.30. The maximum atomic E-state index is 12.8. The lowest BCUT2D eigenvalue weighted by atomic mass is 9.97. The molecule has 0 spiro atoms. The molecule has 1 amide bonds. The summed E-state index contributed by atoms with van der Waals surface area (Å²) in [6, 6.07) is 19.1. The maximum Gasteiger partial charge on any atom is 0.243 e. The molecule has 2 heterocycles. The van der Waals surface area contributed by atoms with Crippen molar-refractivity contribution >= 4 is 21.7 Å². The van der Waals surface area contributed by atoms with Crippen molar-refractivity contribution in [2.45, 2.75) is 17.7 Å². The molecule has 31 heavy (non-hydrogen) atoms. The van der Waals surface area contributed by atoms with Crippen LogP contribution in [0.25, 0.3) is 5.69 Å². The van der Waals surface area contributed by atoms with Crippen molar-refractivity contribution in [3.8, 4) is 11.8 Å². The second-order valence-electron chi connectivity index (χ2n) is 7.28. The van der Waals surface area contributed by atoms with E-state index in [9.17, 15) is 13.2 Å². The van der Waals surface area contributed by atoms with Gasteiger partial charge in [-0.25, -0.2) is 13.1 Å². The molecule has 8 nitrogen and oxygen atoms in total. The number of hydrogen-bond donors (Lipinski definition) is 1. The van der Waals surface area contributed by atoms with Crippen molar-refractivity contribution in [3.63, 3.8) is 0 Å². The summed E-state index contributed by atoms with van der Waals surface area (Å²) in [5, 5.41) is 16.1. The predicted octanol–water partition coefficient (Wildman–Crippen LogP) is 2.78. The number of nitrogens with one attached hydrogen (secondary N) is 1. The molecule has 0 atom stereocenters. The van der Waals surface area contributed by atoms with Gasteiger partial charge < -0.3 is 5.32 Å². The summed E-state index contributed by atoms with van der Waals surface area (Å²) in [6.45, 7) is 0.526. The van der Waals surface area contributed by atoms with Crippen molar-refractivity contribution in [1.82, 2.24) is 14.1 Å². The highest BCUT2D eigenvalue weighted by Crippen LogP contribution is 2.25. The summed E-state index contributed by atoms with van der Waals surface area (Å²) in [4.78, 5) is 12.8. The van der Waals surface area contributed by atoms with Gasteiger partial charge in [0.15, 0.2) is 5.82 Å². The number of nitrogens with zero attached hydrogens (tertiary/aromatic N) is 4. The lowest BCUT2D eigenvalue weighted by Gasteiger charge is -2.30. The lowest BCUT2D eigenvalue weighted by molar-refractivity contribution is -0.120. The van der Waals surface area contributed by atoms with Crippen molar-refractivity contribution in [2.24, 2.45) is 5.92 Å². The zero-order chi connectivity index (χ0) is 21.8. The Morgan fingerprint density at radius 1 is 1.03 bits per heavy atom. The normalized spacial score (nSPS) is 15.3. The highest BCUT2D eigenvalue weighted by Gasteiger charge is 2.32. The Bertz CT molecular complexity index is 1210. The highest BCUT2D eigenvalue weighted by atomic mass is 32.2. The molecule has 0 aliphatic carbocycles. The zero-order valence-corrected chi connectivity index (χ0v) is 17.5. The summed E-state index contributed by atoms with van der Waals surface area (Å²) in [6.07, 6.45) is 2.64. The first kappa shape index (κ1) is 20.8. The van der Waals surface area contributed by atoms with E-state index >= 15 is 0 Å². The van der Waals surface area contributed by atoms with Gasteiger partial charge in [0.05, 0.1) is 22.2 Å². The molecule has 158 valence electrons. The van der Waals surface area contributed by atoms with Crippen molar-refractivity contribution in [3.05, 3.63) is 72.4 Å². The Labute approximate surface area is 180 Å². The topological polar surface area (TPSA) is 108 Å². The van der Waals surface area contributed by atoms with Gasteiger partial charge in [0.25, 0.3) is 0 Å². The van der Waals surface area contributed by atoms with Gasteiger partial charge in [0.1, 0.15) is 0 Å². The predicted molar refractivity (Wildman–Crippen MR) is 115 cm³/mol. The van der Waals surface area contributed by atoms with E-state index in [2.05, 4.69) is 10.4 Å². The molecule has 9 heteroatoms. The number of carbonyl (C=O) groups is 1. The Morgan fingerprint density at radius 2 is 1.71 bits per heavy atom. The first-order valence-corrected chi connectivity index (χ1v) is 11.3. The third kappa shape index (κ3) is 4.50. The third-order valence-corrected chi connectivity index (χ3v) is 7.22. The van der Waals surface area contributed by atoms with E-state index in [0.717, 1.165) is 5.69 Å². The van der Waals surface area contributed by atoms with E-state index in [1.54, 1.807) is 16.9 Å². The van der Waals surface area contributed by atoms with Gasteiger partial charge in [-0.05, 0) is 49.2 Å². The number of piperidine rings is 1. The lowest BCUT2D eigenvalue weighted by Crippen LogP contribution is -2.41. The van der Waals surface area contributed by atoms with E-state index in [1.807, 2.05) is 36.4 Å². The summed E-state index contributed by atoms with van der Waals surface area (Å²) in [7, 11) is -3.65. The standard InChI is InChI=1S/C22H21N5O3S/c23-16-17-6-8-20(9-7-17)31(29,30)26-13-10-18(11-14-26)22(28)24-21-12-15-27(25-21)19-4-2-1-3-5-19/h1-9,12,15,18H,10-11,13-14H2,(H,24,25,28). The van der Waals surface area contributed by atoms with Crippen molar-refractivity contribution in [1.29, 1.82) is 5.26 Å². The molecule has 0 saturated carbocycles. The number of benzene rings is 2. The highest BCUT2D eigenvalue weighted by molar-refractivity contribution is 7.89. The summed E-state index contributed by atoms with van der Waals surface area (Å²) in [5.74, 6) is 0.0181. The van der Waals surface area contributed by atoms with Gasteiger partial charge in [-0.1, -0.05) is 18.2 Å². The van der Waals surface area contributed by atoms with Gasteiger partial charge in [0.2, 0.25) is 15.9 Å². The second-order valence-corrected chi connectivity index (χ2v) is 9.22. The smallest absolute Gasteiger partial charge is 0.243 e. The van der Waals surface area contributed by atoms with Crippen LogP contribution in [-0.4, -0.2) is 41.5 Å². The minimum absolute atomic E-state index is 0.154. The van der Waals surface area contributed by atoms with E-state index in [0.29, 0.717) is 24.2 Å². The zero-order valence-electron chi connectivity index (χ0n) is 16.7. The van der Waals surface area contributed by atoms with Crippen LogP contribution in [0, 0.1) is 17.2 Å². The number of hydrogen-bond acceptors (Lipinski definition) is 5. The number of aromatic nitrogens is 2. The van der Waals surface area contributed by atoms with Crippen LogP contribution >= 0.6 is 0 Å². The van der Waals surface area contributed by atoms with E-state index < -0.39 is 10.0 Å². The van der Waals surface area contributed by atoms with Gasteiger partial charge in [-0.3, -0.25) is 4.79 Å². The van der Waals surface area contributed by atoms with Crippen molar-refractivity contribution in [2.75, 3.05) is 18.4 Å². The fraction of sp³-hybridized carbons (Fsp3) is 0.227. The molecule has 0 unspecified atom stereocenters. The number of carbonyl (C=O) groups excluding carboxylic acids is 1. The largest absolute Gasteiger partial charge is 0.309 e. The van der Waals surface area contributed by atoms with E-state index in [4.69, 9.17) is 5.26 Å². The van der Waals surface area contributed by atoms with Gasteiger partial charge in [-0.15, -0.1) is 0 Å². The Hall–Kier alpha value is -3.48. The molecule has 0 radical (unpaired) electrons. The summed E-state index contributed by atoms with van der Waals surface area (Å²) < 4.78 is 28.7. The number of nitriles is 1. The van der Waals surface area contributed by atoms with E-state index in [-0.39, 0.29) is 29.8 Å². The number of anilines is 1. The minimum atomic E-state index is -3.65. The molecule has 1 fully saturated rings. The van der Waals surface area contributed by atoms with Crippen LogP contribution < -0.4 is 5.32 Å². The molecular weight excluding hydrogens is 414 g/mol. The van der Waals surface area contributed by atoms with Crippen molar-refractivity contribution < 1.29 is 13.2 Å².